The maximum atomic E-state index is 13.5. The molecule has 4 amide bonds. The van der Waals surface area contributed by atoms with Gasteiger partial charge >= 0.3 is 0 Å². The number of likely N-dealkylation sites (tertiary alicyclic amines) is 1. The second kappa shape index (κ2) is 11.8. The Morgan fingerprint density at radius 2 is 1.74 bits per heavy atom. The van der Waals surface area contributed by atoms with Crippen molar-refractivity contribution in [3.8, 4) is 0 Å². The quantitative estimate of drug-likeness (QED) is 0.406. The molecule has 2 atom stereocenters. The number of carbonyl (C=O) groups is 4. The Hall–Kier alpha value is -4.67. The van der Waals surface area contributed by atoms with Crippen LogP contribution in [-0.2, 0) is 11.3 Å². The van der Waals surface area contributed by atoms with E-state index in [1.54, 1.807) is 50.2 Å². The van der Waals surface area contributed by atoms with Crippen molar-refractivity contribution in [2.75, 3.05) is 6.54 Å². The Balaban J connectivity index is 1.36. The molecule has 0 spiro atoms. The number of rotatable bonds is 8. The zero-order chi connectivity index (χ0) is 28.1. The summed E-state index contributed by atoms with van der Waals surface area (Å²) in [5, 5.41) is 5.52. The first-order valence-corrected chi connectivity index (χ1v) is 12.5. The summed E-state index contributed by atoms with van der Waals surface area (Å²) in [6.45, 7) is 4.06. The monoisotopic (exact) mass is 532 g/mol. The van der Waals surface area contributed by atoms with Crippen LogP contribution < -0.4 is 16.4 Å². The summed E-state index contributed by atoms with van der Waals surface area (Å²) in [6.07, 6.45) is 2.41. The van der Waals surface area contributed by atoms with E-state index >= 15 is 0 Å². The highest BCUT2D eigenvalue weighted by Gasteiger charge is 2.33. The first kappa shape index (κ1) is 27.4. The van der Waals surface area contributed by atoms with Gasteiger partial charge in [-0.15, -0.1) is 0 Å². The van der Waals surface area contributed by atoms with Gasteiger partial charge in [0.05, 0.1) is 6.04 Å². The van der Waals surface area contributed by atoms with Crippen LogP contribution in [-0.4, -0.2) is 51.1 Å². The van der Waals surface area contributed by atoms with E-state index in [2.05, 4.69) is 20.6 Å². The van der Waals surface area contributed by atoms with E-state index in [-0.39, 0.29) is 29.7 Å². The average molecular weight is 533 g/mol. The summed E-state index contributed by atoms with van der Waals surface area (Å²) in [7, 11) is 0. The summed E-state index contributed by atoms with van der Waals surface area (Å²) in [6, 6.07) is 11.6. The molecule has 11 heteroatoms. The minimum absolute atomic E-state index is 0.0120. The van der Waals surface area contributed by atoms with E-state index in [0.717, 1.165) is 23.9 Å². The Morgan fingerprint density at radius 1 is 1.05 bits per heavy atom. The highest BCUT2D eigenvalue weighted by Crippen LogP contribution is 2.21. The van der Waals surface area contributed by atoms with Crippen LogP contribution in [0.15, 0.2) is 54.9 Å². The molecule has 0 bridgehead atoms. The maximum absolute atomic E-state index is 13.5. The molecule has 1 aliphatic rings. The van der Waals surface area contributed by atoms with Crippen LogP contribution >= 0.6 is 0 Å². The van der Waals surface area contributed by atoms with Gasteiger partial charge in [-0.2, -0.15) is 0 Å². The minimum atomic E-state index is -0.595. The van der Waals surface area contributed by atoms with E-state index in [1.807, 2.05) is 0 Å². The molecule has 3 aromatic rings. The molecule has 2 aromatic carbocycles. The van der Waals surface area contributed by atoms with Gasteiger partial charge in [-0.3, -0.25) is 19.2 Å². The third-order valence-electron chi connectivity index (χ3n) is 6.66. The van der Waals surface area contributed by atoms with Crippen LogP contribution in [0.25, 0.3) is 0 Å². The van der Waals surface area contributed by atoms with Gasteiger partial charge in [0.1, 0.15) is 29.6 Å². The molecule has 4 N–H and O–H groups in total. The number of primary amides is 1. The molecule has 39 heavy (non-hydrogen) atoms. The number of amides is 4. The molecule has 0 aliphatic carbocycles. The molecule has 0 radical (unpaired) electrons. The van der Waals surface area contributed by atoms with E-state index in [4.69, 9.17) is 5.73 Å². The van der Waals surface area contributed by atoms with Crippen LogP contribution in [0, 0.1) is 12.7 Å². The van der Waals surface area contributed by atoms with Crippen molar-refractivity contribution in [1.29, 1.82) is 0 Å². The van der Waals surface area contributed by atoms with Gasteiger partial charge in [-0.25, -0.2) is 14.4 Å². The fraction of sp³-hybridized carbons (Fsp3) is 0.286. The fourth-order valence-corrected chi connectivity index (χ4v) is 4.44. The van der Waals surface area contributed by atoms with Crippen molar-refractivity contribution in [1.82, 2.24) is 25.5 Å². The van der Waals surface area contributed by atoms with Gasteiger partial charge in [0.25, 0.3) is 17.7 Å². The molecule has 0 unspecified atom stereocenters. The molecule has 1 aromatic heterocycles. The molecular weight excluding hydrogens is 503 g/mol. The van der Waals surface area contributed by atoms with Crippen LogP contribution in [0.5, 0.6) is 0 Å². The number of hydrogen-bond acceptors (Lipinski definition) is 6. The summed E-state index contributed by atoms with van der Waals surface area (Å²) >= 11 is 0. The maximum Gasteiger partial charge on any atom is 0.270 e. The Kier molecular flexibility index (Phi) is 8.28. The van der Waals surface area contributed by atoms with Crippen molar-refractivity contribution in [3.63, 3.8) is 0 Å². The van der Waals surface area contributed by atoms with Crippen molar-refractivity contribution in [2.24, 2.45) is 5.73 Å². The van der Waals surface area contributed by atoms with Crippen LogP contribution in [0.1, 0.15) is 73.8 Å². The van der Waals surface area contributed by atoms with Crippen molar-refractivity contribution in [3.05, 3.63) is 94.3 Å². The van der Waals surface area contributed by atoms with Crippen LogP contribution in [0.2, 0.25) is 0 Å². The predicted molar refractivity (Wildman–Crippen MR) is 140 cm³/mol. The molecule has 1 fully saturated rings. The number of nitrogens with one attached hydrogen (secondary N) is 2. The third kappa shape index (κ3) is 6.43. The average Bonchev–Trinajstić information content (AvgIpc) is 3.44. The Morgan fingerprint density at radius 3 is 2.41 bits per heavy atom. The lowest BCUT2D eigenvalue weighted by Crippen LogP contribution is -2.43. The lowest BCUT2D eigenvalue weighted by molar-refractivity contribution is -0.121. The second-order valence-electron chi connectivity index (χ2n) is 9.43. The van der Waals surface area contributed by atoms with Gasteiger partial charge in [-0.05, 0) is 61.6 Å². The molecule has 4 rings (SSSR count). The highest BCUT2D eigenvalue weighted by atomic mass is 19.1. The van der Waals surface area contributed by atoms with Crippen molar-refractivity contribution < 1.29 is 23.6 Å². The molecular formula is C28H29FN6O4. The molecule has 10 nitrogen and oxygen atoms in total. The number of hydrogen-bond donors (Lipinski definition) is 3. The van der Waals surface area contributed by atoms with Gasteiger partial charge in [0.2, 0.25) is 5.91 Å². The van der Waals surface area contributed by atoms with Crippen molar-refractivity contribution in [2.45, 2.75) is 45.3 Å². The summed E-state index contributed by atoms with van der Waals surface area (Å²) in [4.78, 5) is 59.3. The lowest BCUT2D eigenvalue weighted by Gasteiger charge is -2.22. The molecule has 0 saturated carbocycles. The fourth-order valence-electron chi connectivity index (χ4n) is 4.44. The van der Waals surface area contributed by atoms with Crippen LogP contribution in [0.3, 0.4) is 0 Å². The smallest absolute Gasteiger partial charge is 0.270 e. The lowest BCUT2D eigenvalue weighted by atomic mass is 10.0. The molecule has 202 valence electrons. The normalized spacial score (nSPS) is 15.5. The number of nitrogens with two attached hydrogens (primary N) is 1. The number of nitrogens with zero attached hydrogens (tertiary/aromatic N) is 3. The van der Waals surface area contributed by atoms with Crippen molar-refractivity contribution >= 4 is 23.6 Å². The SMILES string of the molecule is Cc1cc(CNC(=O)c2cc(C(=O)N[C@@H](C)c3ccc(C(=O)N4CCC[C@@H]4C(N)=O)cc3)ncn2)ccc1F. The van der Waals surface area contributed by atoms with Gasteiger partial charge in [-0.1, -0.05) is 24.3 Å². The molecule has 1 aliphatic heterocycles. The van der Waals surface area contributed by atoms with Gasteiger partial charge < -0.3 is 21.3 Å². The first-order valence-electron chi connectivity index (χ1n) is 12.5. The second-order valence-corrected chi connectivity index (χ2v) is 9.43. The Labute approximate surface area is 224 Å². The van der Waals surface area contributed by atoms with Gasteiger partial charge in [0.15, 0.2) is 0 Å². The summed E-state index contributed by atoms with van der Waals surface area (Å²) in [5.41, 5.74) is 7.82. The van der Waals surface area contributed by atoms with E-state index in [0.29, 0.717) is 24.1 Å². The van der Waals surface area contributed by atoms with Crippen LogP contribution in [0.4, 0.5) is 4.39 Å². The minimum Gasteiger partial charge on any atom is -0.368 e. The standard InChI is InChI=1S/C28H29FN6O4/c1-16-12-18(5-10-21(16)29)14-31-26(37)22-13-23(33-15-32-22)27(38)34-17(2)19-6-8-20(9-7-19)28(39)35-11-3-4-24(35)25(30)36/h5-10,12-13,15,17,24H,3-4,11,14H2,1-2H3,(H2,30,36)(H,31,37)(H,34,38)/t17-,24+/m0/s1. The number of aryl methyl sites for hydroxylation is 1. The number of carbonyl (C=O) groups excluding carboxylic acids is 4. The summed E-state index contributed by atoms with van der Waals surface area (Å²) < 4.78 is 13.5. The number of halogens is 1. The first-order chi connectivity index (χ1) is 18.6. The number of benzene rings is 2. The topological polar surface area (TPSA) is 147 Å². The van der Waals surface area contributed by atoms with E-state index < -0.39 is 29.8 Å². The van der Waals surface area contributed by atoms with Gasteiger partial charge in [0, 0.05) is 24.7 Å². The zero-order valence-electron chi connectivity index (χ0n) is 21.6. The largest absolute Gasteiger partial charge is 0.368 e. The van der Waals surface area contributed by atoms with E-state index in [1.165, 1.54) is 17.0 Å². The Bertz CT molecular complexity index is 1410. The predicted octanol–water partition coefficient (Wildman–Crippen LogP) is 2.44. The van der Waals surface area contributed by atoms with E-state index in [9.17, 15) is 23.6 Å². The highest BCUT2D eigenvalue weighted by molar-refractivity contribution is 5.98. The molecule has 1 saturated heterocycles. The third-order valence-corrected chi connectivity index (χ3v) is 6.66. The summed E-state index contributed by atoms with van der Waals surface area (Å²) in [5.74, 6) is -2.11. The zero-order valence-corrected chi connectivity index (χ0v) is 21.6. The molecule has 2 heterocycles. The number of aromatic nitrogens is 2.